The maximum absolute atomic E-state index is 16.0. The fraction of sp³-hybridized carbons (Fsp3) is 0.460. The predicted octanol–water partition coefficient (Wildman–Crippen LogP) is 3.63. The summed E-state index contributed by atoms with van der Waals surface area (Å²) in [6.07, 6.45) is -10.8. The van der Waals surface area contributed by atoms with Gasteiger partial charge in [-0.2, -0.15) is 0 Å². The first-order valence-electron chi connectivity index (χ1n) is 22.1. The fourth-order valence-corrected chi connectivity index (χ4v) is 10.6. The molecule has 3 aromatic carbocycles. The van der Waals surface area contributed by atoms with Crippen LogP contribution in [0.25, 0.3) is 0 Å². The molecule has 1 saturated heterocycles. The average Bonchev–Trinajstić information content (AvgIpc) is 3.28. The van der Waals surface area contributed by atoms with Crippen LogP contribution < -0.4 is 11.1 Å². The summed E-state index contributed by atoms with van der Waals surface area (Å²) in [5, 5.41) is 28.5. The molecule has 1 unspecified atom stereocenters. The van der Waals surface area contributed by atoms with Gasteiger partial charge in [0.2, 0.25) is 0 Å². The number of carbonyl (C=O) groups is 7. The number of ether oxygens (including phenoxy) is 6. The van der Waals surface area contributed by atoms with Crippen LogP contribution in [0.1, 0.15) is 93.6 Å². The zero-order valence-corrected chi connectivity index (χ0v) is 38.3. The second-order valence-corrected chi connectivity index (χ2v) is 18.6. The van der Waals surface area contributed by atoms with Crippen LogP contribution in [0, 0.1) is 16.7 Å². The Kier molecular flexibility index (Phi) is 13.4. The SMILES string of the molecule is CC(=O)O[C@H]1C(=O)[C@@]2(C)C([C@H](OC(=O)c3ccccc3)[C@]3(O)C[C@H](OC(=O)[C@H](O)[C@@H](NC(=O)c4ccccc4)c4ccccc4)C(C)=C1C3(C)C)[C@]1(OC(C)=O)CO[C@@H]1C[C@@H]2OC(=O)[C@H](C)N. The lowest BCUT2D eigenvalue weighted by Gasteiger charge is -2.67. The quantitative estimate of drug-likeness (QED) is 0.115. The third kappa shape index (κ3) is 8.53. The molecule has 4 aliphatic rings. The number of fused-ring (bicyclic) bond motifs is 5. The number of nitrogens with two attached hydrogens (primary N) is 1. The van der Waals surface area contributed by atoms with Gasteiger partial charge in [0.25, 0.3) is 5.91 Å². The summed E-state index contributed by atoms with van der Waals surface area (Å²) in [7, 11) is 0. The van der Waals surface area contributed by atoms with Gasteiger partial charge in [0.15, 0.2) is 23.6 Å². The van der Waals surface area contributed by atoms with Crippen molar-refractivity contribution in [1.29, 1.82) is 0 Å². The smallest absolute Gasteiger partial charge is 0.338 e. The van der Waals surface area contributed by atoms with Crippen molar-refractivity contribution >= 4 is 41.5 Å². The summed E-state index contributed by atoms with van der Waals surface area (Å²) < 4.78 is 36.8. The summed E-state index contributed by atoms with van der Waals surface area (Å²) in [5.74, 6) is -8.04. The lowest BCUT2D eigenvalue weighted by molar-refractivity contribution is -0.346. The van der Waals surface area contributed by atoms with Crippen molar-refractivity contribution in [3.8, 4) is 0 Å². The maximum atomic E-state index is 16.0. The Morgan fingerprint density at radius 3 is 1.93 bits per heavy atom. The zero-order valence-electron chi connectivity index (χ0n) is 38.3. The molecule has 356 valence electrons. The zero-order chi connectivity index (χ0) is 48.8. The number of aliphatic hydroxyl groups is 2. The summed E-state index contributed by atoms with van der Waals surface area (Å²) in [4.78, 5) is 98.3. The third-order valence-corrected chi connectivity index (χ3v) is 14.1. The molecule has 3 aliphatic carbocycles. The van der Waals surface area contributed by atoms with E-state index in [1.165, 1.54) is 32.9 Å². The highest BCUT2D eigenvalue weighted by Gasteiger charge is 2.79. The van der Waals surface area contributed by atoms with Crippen molar-refractivity contribution in [2.24, 2.45) is 22.5 Å². The molecular weight excluding hydrogens is 869 g/mol. The first kappa shape index (κ1) is 48.7. The highest BCUT2D eigenvalue weighted by Crippen LogP contribution is 2.65. The van der Waals surface area contributed by atoms with Gasteiger partial charge in [0.1, 0.15) is 36.1 Å². The van der Waals surface area contributed by atoms with Crippen LogP contribution in [-0.2, 0) is 52.4 Å². The van der Waals surface area contributed by atoms with Gasteiger partial charge in [-0.05, 0) is 61.7 Å². The van der Waals surface area contributed by atoms with Crippen LogP contribution in [0.5, 0.6) is 0 Å². The lowest BCUT2D eigenvalue weighted by Crippen LogP contribution is -2.82. The molecule has 1 heterocycles. The highest BCUT2D eigenvalue weighted by atomic mass is 16.6. The van der Waals surface area contributed by atoms with Gasteiger partial charge >= 0.3 is 29.8 Å². The Balaban J connectivity index is 1.43. The second kappa shape index (κ2) is 18.4. The number of hydrogen-bond acceptors (Lipinski definition) is 16. The van der Waals surface area contributed by atoms with E-state index in [0.29, 0.717) is 5.56 Å². The van der Waals surface area contributed by atoms with Crippen LogP contribution in [0.15, 0.2) is 102 Å². The Bertz CT molecular complexity index is 2460. The van der Waals surface area contributed by atoms with Gasteiger partial charge in [0, 0.05) is 37.7 Å². The number of rotatable bonds is 12. The molecule has 67 heavy (non-hydrogen) atoms. The number of amides is 1. The molecule has 17 nitrogen and oxygen atoms in total. The van der Waals surface area contributed by atoms with Gasteiger partial charge < -0.3 is 49.7 Å². The minimum atomic E-state index is -2.46. The number of nitrogens with one attached hydrogen (secondary N) is 1. The molecule has 1 amide bonds. The molecular formula is C50H56N2O15. The van der Waals surface area contributed by atoms with Gasteiger partial charge in [-0.3, -0.25) is 24.0 Å². The molecule has 12 atom stereocenters. The number of benzene rings is 3. The molecule has 7 rings (SSSR count). The van der Waals surface area contributed by atoms with E-state index in [1.807, 2.05) is 0 Å². The van der Waals surface area contributed by atoms with E-state index < -0.39 is 125 Å². The van der Waals surface area contributed by atoms with Gasteiger partial charge in [-0.1, -0.05) is 80.6 Å². The third-order valence-electron chi connectivity index (χ3n) is 14.1. The van der Waals surface area contributed by atoms with Gasteiger partial charge in [0.05, 0.1) is 29.5 Å². The lowest BCUT2D eigenvalue weighted by atomic mass is 9.44. The molecule has 1 aliphatic heterocycles. The number of carbonyl (C=O) groups excluding carboxylic acids is 7. The van der Waals surface area contributed by atoms with E-state index in [9.17, 15) is 39.0 Å². The molecule has 17 heteroatoms. The summed E-state index contributed by atoms with van der Waals surface area (Å²) >= 11 is 0. The fourth-order valence-electron chi connectivity index (χ4n) is 10.6. The largest absolute Gasteiger partial charge is 0.460 e. The Hall–Kier alpha value is -6.27. The first-order chi connectivity index (χ1) is 31.6. The van der Waals surface area contributed by atoms with Crippen molar-refractivity contribution in [2.45, 2.75) is 121 Å². The maximum Gasteiger partial charge on any atom is 0.338 e. The molecule has 5 N–H and O–H groups in total. The number of aliphatic hydroxyl groups excluding tert-OH is 1. The van der Waals surface area contributed by atoms with Crippen molar-refractivity contribution in [2.75, 3.05) is 6.61 Å². The number of hydrogen-bond donors (Lipinski definition) is 4. The van der Waals surface area contributed by atoms with Crippen molar-refractivity contribution in [3.05, 3.63) is 119 Å². The predicted molar refractivity (Wildman–Crippen MR) is 235 cm³/mol. The number of esters is 5. The van der Waals surface area contributed by atoms with Crippen LogP contribution in [0.2, 0.25) is 0 Å². The molecule has 2 bridgehead atoms. The molecule has 3 fully saturated rings. The van der Waals surface area contributed by atoms with E-state index >= 15 is 4.79 Å². The van der Waals surface area contributed by atoms with Gasteiger partial charge in [-0.15, -0.1) is 0 Å². The number of Topliss-reactive ketones (excluding diaryl/α,β-unsaturated/α-hetero) is 1. The normalized spacial score (nSPS) is 30.7. The van der Waals surface area contributed by atoms with Crippen molar-refractivity contribution < 1.29 is 72.2 Å². The molecule has 2 saturated carbocycles. The molecule has 0 radical (unpaired) electrons. The standard InChI is InChI=1S/C50H56N2O15/c1-26-33(64-46(60)38(55)37(30-17-11-8-12-18-30)52-43(57)31-19-13-9-14-20-31)24-50(61)42(66-45(59)32-21-15-10-16-22-32)40-48(7,41(56)39(63-28(3)53)36(26)47(50,5)6)34(65-44(58)27(2)51)23-35-49(40,25-62-35)67-29(4)54/h8-22,27,33-35,37-40,42,55,61H,23-25,51H2,1-7H3,(H,52,57)/t27-,33-,34-,35+,37-,38+,39+,40?,42-,48+,49-,50+/m0/s1. The molecule has 3 aromatic rings. The number of ketones is 1. The molecule has 0 spiro atoms. The minimum absolute atomic E-state index is 0.0360. The van der Waals surface area contributed by atoms with E-state index in [0.717, 1.165) is 13.8 Å². The second-order valence-electron chi connectivity index (χ2n) is 18.6. The monoisotopic (exact) mass is 924 g/mol. The summed E-state index contributed by atoms with van der Waals surface area (Å²) in [6, 6.07) is 21.6. The van der Waals surface area contributed by atoms with Gasteiger partial charge in [-0.25, -0.2) is 9.59 Å². The minimum Gasteiger partial charge on any atom is -0.460 e. The van der Waals surface area contributed by atoms with E-state index in [1.54, 1.807) is 92.7 Å². The average molecular weight is 925 g/mol. The topological polar surface area (TPSA) is 253 Å². The van der Waals surface area contributed by atoms with Crippen molar-refractivity contribution in [1.82, 2.24) is 5.32 Å². The first-order valence-corrected chi connectivity index (χ1v) is 22.1. The highest BCUT2D eigenvalue weighted by molar-refractivity contribution is 5.96. The van der Waals surface area contributed by atoms with Crippen LogP contribution >= 0.6 is 0 Å². The van der Waals surface area contributed by atoms with Crippen molar-refractivity contribution in [3.63, 3.8) is 0 Å². The van der Waals surface area contributed by atoms with Crippen LogP contribution in [0.4, 0.5) is 0 Å². The molecule has 0 aromatic heterocycles. The Morgan fingerprint density at radius 2 is 1.39 bits per heavy atom. The van der Waals surface area contributed by atoms with E-state index in [2.05, 4.69) is 5.32 Å². The van der Waals surface area contributed by atoms with E-state index in [4.69, 9.17) is 34.2 Å². The Morgan fingerprint density at radius 1 is 0.806 bits per heavy atom. The Labute approximate surface area is 387 Å². The van der Waals surface area contributed by atoms with Crippen LogP contribution in [-0.4, -0.2) is 112 Å². The van der Waals surface area contributed by atoms with E-state index in [-0.39, 0.29) is 35.3 Å². The summed E-state index contributed by atoms with van der Waals surface area (Å²) in [6.45, 7) is 9.22. The summed E-state index contributed by atoms with van der Waals surface area (Å²) in [5.41, 5.74) is -1.49. The van der Waals surface area contributed by atoms with Crippen LogP contribution in [0.3, 0.4) is 0 Å².